The largest absolute Gasteiger partial charge is 0.493 e. The van der Waals surface area contributed by atoms with Gasteiger partial charge in [0, 0.05) is 19.5 Å². The minimum absolute atomic E-state index is 0.145. The van der Waals surface area contributed by atoms with Crippen molar-refractivity contribution < 1.29 is 23.5 Å². The van der Waals surface area contributed by atoms with Crippen molar-refractivity contribution in [3.8, 4) is 11.5 Å². The predicted molar refractivity (Wildman–Crippen MR) is 88.6 cm³/mol. The Morgan fingerprint density at radius 1 is 1.08 bits per heavy atom. The Hall–Kier alpha value is -2.96. The summed E-state index contributed by atoms with van der Waals surface area (Å²) in [6, 6.07) is 8.64. The van der Waals surface area contributed by atoms with E-state index in [1.165, 1.54) is 19.1 Å². The summed E-state index contributed by atoms with van der Waals surface area (Å²) in [4.78, 5) is 22.9. The lowest BCUT2D eigenvalue weighted by Crippen LogP contribution is -2.25. The number of anilines is 1. The van der Waals surface area contributed by atoms with Crippen molar-refractivity contribution in [2.75, 3.05) is 26.1 Å². The highest BCUT2D eigenvalue weighted by Crippen LogP contribution is 2.27. The van der Waals surface area contributed by atoms with Gasteiger partial charge in [0.15, 0.2) is 23.1 Å². The van der Waals surface area contributed by atoms with Gasteiger partial charge in [0.05, 0.1) is 14.2 Å². The van der Waals surface area contributed by atoms with E-state index in [0.717, 1.165) is 5.56 Å². The third-order valence-electron chi connectivity index (χ3n) is 3.28. The first-order chi connectivity index (χ1) is 11.5. The van der Waals surface area contributed by atoms with Gasteiger partial charge in [0.2, 0.25) is 5.91 Å². The van der Waals surface area contributed by atoms with Gasteiger partial charge in [0.25, 0.3) is 5.91 Å². The Labute approximate surface area is 139 Å². The Morgan fingerprint density at radius 2 is 1.83 bits per heavy atom. The molecule has 0 spiro atoms. The maximum atomic E-state index is 12.0. The maximum Gasteiger partial charge on any atom is 0.287 e. The molecule has 2 N–H and O–H groups in total. The lowest BCUT2D eigenvalue weighted by atomic mass is 10.1. The average molecular weight is 332 g/mol. The molecule has 1 aromatic carbocycles. The first kappa shape index (κ1) is 17.4. The molecule has 2 rings (SSSR count). The van der Waals surface area contributed by atoms with Crippen molar-refractivity contribution >= 4 is 17.7 Å². The Kier molecular flexibility index (Phi) is 5.83. The van der Waals surface area contributed by atoms with E-state index in [1.807, 2.05) is 18.2 Å². The Bertz CT molecular complexity index is 724. The fourth-order valence-electron chi connectivity index (χ4n) is 2.14. The minimum Gasteiger partial charge on any atom is -0.493 e. The maximum absolute atomic E-state index is 12.0. The van der Waals surface area contributed by atoms with E-state index in [1.54, 1.807) is 14.2 Å². The average Bonchev–Trinajstić information content (AvgIpc) is 3.02. The van der Waals surface area contributed by atoms with Crippen LogP contribution in [0.15, 0.2) is 34.7 Å². The van der Waals surface area contributed by atoms with E-state index in [2.05, 4.69) is 10.6 Å². The number of rotatable bonds is 7. The topological polar surface area (TPSA) is 89.8 Å². The van der Waals surface area contributed by atoms with Crippen LogP contribution in [0.1, 0.15) is 23.0 Å². The molecule has 0 fully saturated rings. The second kappa shape index (κ2) is 8.05. The zero-order valence-electron chi connectivity index (χ0n) is 13.8. The van der Waals surface area contributed by atoms with Crippen LogP contribution >= 0.6 is 0 Å². The number of hydrogen-bond acceptors (Lipinski definition) is 5. The molecule has 0 saturated heterocycles. The summed E-state index contributed by atoms with van der Waals surface area (Å²) in [5.41, 5.74) is 1.01. The fraction of sp³-hybridized carbons (Fsp3) is 0.294. The van der Waals surface area contributed by atoms with Crippen LogP contribution in [0.25, 0.3) is 0 Å². The number of nitrogens with one attached hydrogen (secondary N) is 2. The van der Waals surface area contributed by atoms with E-state index in [0.29, 0.717) is 24.5 Å². The van der Waals surface area contributed by atoms with Gasteiger partial charge in [-0.2, -0.15) is 0 Å². The Balaban J connectivity index is 1.88. The molecule has 0 aliphatic rings. The molecule has 0 atom stereocenters. The van der Waals surface area contributed by atoms with E-state index in [9.17, 15) is 9.59 Å². The second-order valence-electron chi connectivity index (χ2n) is 5.04. The molecule has 0 aliphatic heterocycles. The predicted octanol–water partition coefficient (Wildman–Crippen LogP) is 2.23. The highest BCUT2D eigenvalue weighted by atomic mass is 16.5. The molecule has 0 aliphatic carbocycles. The van der Waals surface area contributed by atoms with Gasteiger partial charge in [-0.25, -0.2) is 0 Å². The summed E-state index contributed by atoms with van der Waals surface area (Å²) >= 11 is 0. The third-order valence-corrected chi connectivity index (χ3v) is 3.28. The lowest BCUT2D eigenvalue weighted by molar-refractivity contribution is -0.114. The van der Waals surface area contributed by atoms with Crippen LogP contribution in [-0.4, -0.2) is 32.6 Å². The van der Waals surface area contributed by atoms with Crippen LogP contribution in [-0.2, 0) is 11.2 Å². The Morgan fingerprint density at radius 3 is 2.50 bits per heavy atom. The van der Waals surface area contributed by atoms with Crippen LogP contribution in [0.2, 0.25) is 0 Å². The van der Waals surface area contributed by atoms with E-state index < -0.39 is 0 Å². The van der Waals surface area contributed by atoms with Crippen LogP contribution < -0.4 is 20.1 Å². The van der Waals surface area contributed by atoms with Gasteiger partial charge in [-0.1, -0.05) is 6.07 Å². The van der Waals surface area contributed by atoms with Crippen molar-refractivity contribution in [2.24, 2.45) is 0 Å². The van der Waals surface area contributed by atoms with Crippen LogP contribution in [0.4, 0.5) is 5.88 Å². The summed E-state index contributed by atoms with van der Waals surface area (Å²) in [5.74, 6) is 1.09. The monoisotopic (exact) mass is 332 g/mol. The van der Waals surface area contributed by atoms with Crippen molar-refractivity contribution in [2.45, 2.75) is 13.3 Å². The molecule has 7 heteroatoms. The van der Waals surface area contributed by atoms with Crippen LogP contribution in [0, 0.1) is 0 Å². The first-order valence-corrected chi connectivity index (χ1v) is 7.40. The van der Waals surface area contributed by atoms with E-state index >= 15 is 0 Å². The summed E-state index contributed by atoms with van der Waals surface area (Å²) < 4.78 is 15.7. The van der Waals surface area contributed by atoms with Gasteiger partial charge in [-0.15, -0.1) is 0 Å². The molecule has 0 bridgehead atoms. The molecule has 2 amide bonds. The van der Waals surface area contributed by atoms with Gasteiger partial charge in [-0.05, 0) is 30.2 Å². The molecule has 2 aromatic rings. The highest BCUT2D eigenvalue weighted by molar-refractivity contribution is 5.93. The summed E-state index contributed by atoms with van der Waals surface area (Å²) in [7, 11) is 3.16. The number of methoxy groups -OCH3 is 2. The molecule has 128 valence electrons. The van der Waals surface area contributed by atoms with Crippen LogP contribution in [0.3, 0.4) is 0 Å². The summed E-state index contributed by atoms with van der Waals surface area (Å²) in [6.07, 6.45) is 0.630. The molecule has 0 saturated carbocycles. The first-order valence-electron chi connectivity index (χ1n) is 7.40. The minimum atomic E-state index is -0.341. The number of benzene rings is 1. The number of amides is 2. The standard InChI is InChI=1S/C17H20N2O5/c1-11(20)19-16-7-6-14(24-16)17(21)18-9-8-12-4-5-13(22-2)15(10-12)23-3/h4-7,10H,8-9H2,1-3H3,(H,18,21)(H,19,20). The van der Waals surface area contributed by atoms with Gasteiger partial charge in [0.1, 0.15) is 0 Å². The quantitative estimate of drug-likeness (QED) is 0.811. The number of ether oxygens (including phenoxy) is 2. The highest BCUT2D eigenvalue weighted by Gasteiger charge is 2.11. The number of furan rings is 1. The molecular formula is C17H20N2O5. The van der Waals surface area contributed by atoms with Crippen molar-refractivity contribution in [1.82, 2.24) is 5.32 Å². The molecule has 0 unspecified atom stereocenters. The van der Waals surface area contributed by atoms with Crippen molar-refractivity contribution in [3.05, 3.63) is 41.7 Å². The van der Waals surface area contributed by atoms with Crippen molar-refractivity contribution in [3.63, 3.8) is 0 Å². The molecular weight excluding hydrogens is 312 g/mol. The van der Waals surface area contributed by atoms with Crippen molar-refractivity contribution in [1.29, 1.82) is 0 Å². The third kappa shape index (κ3) is 4.52. The van der Waals surface area contributed by atoms with Crippen LogP contribution in [0.5, 0.6) is 11.5 Å². The molecule has 1 heterocycles. The number of carbonyl (C=O) groups is 2. The lowest BCUT2D eigenvalue weighted by Gasteiger charge is -2.09. The number of hydrogen-bond donors (Lipinski definition) is 2. The fourth-order valence-corrected chi connectivity index (χ4v) is 2.14. The normalized spacial score (nSPS) is 10.1. The zero-order valence-corrected chi connectivity index (χ0v) is 13.8. The smallest absolute Gasteiger partial charge is 0.287 e. The molecule has 0 radical (unpaired) electrons. The van der Waals surface area contributed by atoms with E-state index in [-0.39, 0.29) is 23.5 Å². The van der Waals surface area contributed by atoms with Gasteiger partial charge >= 0.3 is 0 Å². The number of carbonyl (C=O) groups excluding carboxylic acids is 2. The summed E-state index contributed by atoms with van der Waals surface area (Å²) in [6.45, 7) is 1.80. The molecule has 7 nitrogen and oxygen atoms in total. The van der Waals surface area contributed by atoms with E-state index in [4.69, 9.17) is 13.9 Å². The second-order valence-corrected chi connectivity index (χ2v) is 5.04. The molecule has 24 heavy (non-hydrogen) atoms. The SMILES string of the molecule is COc1ccc(CCNC(=O)c2ccc(NC(C)=O)o2)cc1OC. The molecule has 1 aromatic heterocycles. The zero-order chi connectivity index (χ0) is 17.5. The summed E-state index contributed by atoms with van der Waals surface area (Å²) in [5, 5.41) is 5.24. The van der Waals surface area contributed by atoms with Gasteiger partial charge < -0.3 is 19.2 Å². The van der Waals surface area contributed by atoms with Gasteiger partial charge in [-0.3, -0.25) is 14.9 Å².